The summed E-state index contributed by atoms with van der Waals surface area (Å²) in [6, 6.07) is 11.3. The van der Waals surface area contributed by atoms with Gasteiger partial charge in [-0.2, -0.15) is 0 Å². The molecule has 2 bridgehead atoms. The number of benzene rings is 2. The highest BCUT2D eigenvalue weighted by atomic mass is 35.5. The summed E-state index contributed by atoms with van der Waals surface area (Å²) in [4.78, 5) is 29.3. The second kappa shape index (κ2) is 17.8. The number of amides is 2. The molecule has 11 heteroatoms. The summed E-state index contributed by atoms with van der Waals surface area (Å²) >= 11 is 6.38. The average molecular weight is 675 g/mol. The molecule has 2 amide bonds. The van der Waals surface area contributed by atoms with Crippen LogP contribution in [0.15, 0.2) is 53.4 Å². The number of fused-ring (bicyclic) bond motifs is 1. The zero-order valence-electron chi connectivity index (χ0n) is 28.3. The molecule has 4 rings (SSSR count). The van der Waals surface area contributed by atoms with Gasteiger partial charge in [-0.1, -0.05) is 56.5 Å². The van der Waals surface area contributed by atoms with Crippen LogP contribution in [0.4, 0.5) is 5.69 Å². The number of anilines is 1. The van der Waals surface area contributed by atoms with Gasteiger partial charge in [0, 0.05) is 30.1 Å². The zero-order chi connectivity index (χ0) is 33.9. The Kier molecular flexibility index (Phi) is 14.6. The normalized spacial score (nSPS) is 24.0. The molecule has 4 atom stereocenters. The van der Waals surface area contributed by atoms with Crippen molar-refractivity contribution in [1.82, 2.24) is 14.9 Å². The van der Waals surface area contributed by atoms with Gasteiger partial charge in [0.25, 0.3) is 5.91 Å². The molecule has 2 aromatic carbocycles. The topological polar surface area (TPSA) is 100 Å². The summed E-state index contributed by atoms with van der Waals surface area (Å²) in [5, 5.41) is 3.69. The second-order valence-electron chi connectivity index (χ2n) is 12.7. The van der Waals surface area contributed by atoms with Crippen LogP contribution in [0.1, 0.15) is 64.0 Å². The van der Waals surface area contributed by atoms with Gasteiger partial charge in [-0.25, -0.2) is 4.21 Å². The van der Waals surface area contributed by atoms with Crippen molar-refractivity contribution in [3.8, 4) is 5.75 Å². The lowest BCUT2D eigenvalue weighted by molar-refractivity contribution is -0.139. The number of carbonyl (C=O) groups is 2. The molecular weight excluding hydrogens is 624 g/mol. The van der Waals surface area contributed by atoms with E-state index < -0.39 is 22.5 Å². The van der Waals surface area contributed by atoms with Crippen molar-refractivity contribution in [1.29, 1.82) is 0 Å². The fourth-order valence-electron chi connectivity index (χ4n) is 5.62. The highest BCUT2D eigenvalue weighted by Crippen LogP contribution is 2.38. The molecule has 0 aliphatic carbocycles. The smallest absolute Gasteiger partial charge is 0.263 e. The Bertz CT molecular complexity index is 1370. The zero-order valence-corrected chi connectivity index (χ0v) is 29.9. The first-order chi connectivity index (χ1) is 21.9. The number of carbonyl (C=O) groups excluding carboxylic acids is 2. The maximum absolute atomic E-state index is 13.3. The molecule has 2 heterocycles. The van der Waals surface area contributed by atoms with Crippen molar-refractivity contribution in [2.24, 2.45) is 5.92 Å². The Morgan fingerprint density at radius 3 is 2.59 bits per heavy atom. The van der Waals surface area contributed by atoms with E-state index in [0.29, 0.717) is 30.3 Å². The van der Waals surface area contributed by atoms with Gasteiger partial charge < -0.3 is 24.6 Å². The quantitative estimate of drug-likeness (QED) is 0.309. The molecule has 2 aliphatic heterocycles. The fraction of sp³-hybridized carbons (Fsp3) is 0.543. The number of hydrogen-bond donors (Lipinski definition) is 2. The molecule has 4 unspecified atom stereocenters. The number of nitrogens with zero attached hydrogens (tertiary/aromatic N) is 2. The molecule has 0 saturated carbocycles. The molecule has 2 aromatic rings. The third-order valence-electron chi connectivity index (χ3n) is 8.11. The molecule has 0 radical (unpaired) electrons. The Balaban J connectivity index is 0.00000136. The van der Waals surface area contributed by atoms with Gasteiger partial charge in [0.15, 0.2) is 11.0 Å². The molecule has 2 aliphatic rings. The van der Waals surface area contributed by atoms with E-state index >= 15 is 0 Å². The SMILES string of the molecule is CCCc1cc(Cl)ccc1C1COc2ccc3cc2N(CCC(CC)C(NC=O)/C=C/COC(C)(C)C(=O)NS3=O)C1.CN(C)C. The number of aryl methyl sites for hydroxylation is 1. The molecule has 0 saturated heterocycles. The van der Waals surface area contributed by atoms with Crippen LogP contribution in [-0.4, -0.2) is 80.5 Å². The van der Waals surface area contributed by atoms with Gasteiger partial charge in [0.2, 0.25) is 6.41 Å². The van der Waals surface area contributed by atoms with E-state index in [1.165, 1.54) is 11.1 Å². The van der Waals surface area contributed by atoms with Crippen molar-refractivity contribution >= 4 is 40.6 Å². The third-order valence-corrected chi connectivity index (χ3v) is 9.40. The van der Waals surface area contributed by atoms with Gasteiger partial charge in [-0.15, -0.1) is 0 Å². The summed E-state index contributed by atoms with van der Waals surface area (Å²) < 4.78 is 28.1. The average Bonchev–Trinajstić information content (AvgIpc) is 3.18. The summed E-state index contributed by atoms with van der Waals surface area (Å²) in [6.07, 6.45) is 8.08. The maximum atomic E-state index is 13.3. The van der Waals surface area contributed by atoms with Gasteiger partial charge in [-0.3, -0.25) is 14.3 Å². The molecule has 0 fully saturated rings. The summed E-state index contributed by atoms with van der Waals surface area (Å²) in [7, 11) is 4.21. The molecular formula is C35H51ClN4O5S. The van der Waals surface area contributed by atoms with E-state index in [4.69, 9.17) is 21.1 Å². The number of rotatable bonds is 6. The standard InChI is InChI=1S/C32H42ClN3O5S.C3H9N/c1-5-8-23-17-25(33)10-12-27(23)24-19-36-15-14-22(6-2)28(34-21-37)9-7-16-41-32(3,4)31(38)35-42(39)26-11-13-30(40-20-24)29(36)18-26;1-4(2)3/h7,9-13,17-18,21-22,24,28H,5-6,8,14-16,19-20H2,1-4H3,(H,34,37)(H,35,38);1-3H3/b9-7+;. The third kappa shape index (κ3) is 10.6. The van der Waals surface area contributed by atoms with E-state index in [9.17, 15) is 13.8 Å². The van der Waals surface area contributed by atoms with E-state index in [1.54, 1.807) is 19.9 Å². The Morgan fingerprint density at radius 2 is 1.91 bits per heavy atom. The Morgan fingerprint density at radius 1 is 1.17 bits per heavy atom. The first-order valence-electron chi connectivity index (χ1n) is 16.0. The van der Waals surface area contributed by atoms with Crippen LogP contribution in [-0.2, 0) is 31.7 Å². The van der Waals surface area contributed by atoms with Crippen molar-refractivity contribution in [3.63, 3.8) is 0 Å². The largest absolute Gasteiger partial charge is 0.491 e. The van der Waals surface area contributed by atoms with E-state index in [2.05, 4.69) is 40.9 Å². The maximum Gasteiger partial charge on any atom is 0.263 e. The summed E-state index contributed by atoms with van der Waals surface area (Å²) in [5.74, 6) is 0.461. The second-order valence-corrected chi connectivity index (χ2v) is 14.4. The van der Waals surface area contributed by atoms with E-state index in [-0.39, 0.29) is 24.5 Å². The molecule has 254 valence electrons. The van der Waals surface area contributed by atoms with Crippen molar-refractivity contribution in [3.05, 3.63) is 64.7 Å². The molecule has 9 nitrogen and oxygen atoms in total. The van der Waals surface area contributed by atoms with Crippen molar-refractivity contribution in [2.45, 2.75) is 75.8 Å². The molecule has 0 spiro atoms. The van der Waals surface area contributed by atoms with Gasteiger partial charge in [0.05, 0.1) is 23.8 Å². The minimum absolute atomic E-state index is 0.0808. The minimum Gasteiger partial charge on any atom is -0.491 e. The van der Waals surface area contributed by atoms with Crippen LogP contribution in [0.5, 0.6) is 5.75 Å². The number of nitrogens with one attached hydrogen (secondary N) is 2. The van der Waals surface area contributed by atoms with Gasteiger partial charge >= 0.3 is 0 Å². The first-order valence-corrected chi connectivity index (χ1v) is 17.6. The van der Waals surface area contributed by atoms with E-state index in [0.717, 1.165) is 42.8 Å². The van der Waals surface area contributed by atoms with Gasteiger partial charge in [-0.05, 0) is 95.2 Å². The van der Waals surface area contributed by atoms with E-state index in [1.807, 2.05) is 56.4 Å². The van der Waals surface area contributed by atoms with Crippen LogP contribution in [0.3, 0.4) is 0 Å². The number of ether oxygens (including phenoxy) is 2. The first kappa shape index (κ1) is 37.5. The van der Waals surface area contributed by atoms with Crippen LogP contribution in [0, 0.1) is 5.92 Å². The summed E-state index contributed by atoms with van der Waals surface area (Å²) in [5.41, 5.74) is 2.06. The highest BCUT2D eigenvalue weighted by molar-refractivity contribution is 7.83. The Hall–Kier alpha value is -2.92. The van der Waals surface area contributed by atoms with Crippen molar-refractivity contribution in [2.75, 3.05) is 52.3 Å². The Labute approximate surface area is 282 Å². The van der Waals surface area contributed by atoms with Crippen LogP contribution < -0.4 is 19.7 Å². The molecule has 0 aromatic heterocycles. The van der Waals surface area contributed by atoms with Crippen molar-refractivity contribution < 1.29 is 23.3 Å². The number of halogens is 1. The molecule has 2 N–H and O–H groups in total. The van der Waals surface area contributed by atoms with Crippen LogP contribution in [0.2, 0.25) is 5.02 Å². The molecule has 46 heavy (non-hydrogen) atoms. The number of hydrogen-bond acceptors (Lipinski definition) is 7. The highest BCUT2D eigenvalue weighted by Gasteiger charge is 2.32. The predicted molar refractivity (Wildman–Crippen MR) is 187 cm³/mol. The minimum atomic E-state index is -1.79. The predicted octanol–water partition coefficient (Wildman–Crippen LogP) is 5.49. The van der Waals surface area contributed by atoms with Gasteiger partial charge in [0.1, 0.15) is 11.4 Å². The lowest BCUT2D eigenvalue weighted by Gasteiger charge is -2.31. The lowest BCUT2D eigenvalue weighted by Crippen LogP contribution is -2.45. The lowest BCUT2D eigenvalue weighted by atomic mass is 9.90. The van der Waals surface area contributed by atoms with Crippen LogP contribution in [0.25, 0.3) is 0 Å². The summed E-state index contributed by atoms with van der Waals surface area (Å²) in [6.45, 7) is 9.60. The fourth-order valence-corrected chi connectivity index (χ4v) is 6.76. The monoisotopic (exact) mass is 674 g/mol. The van der Waals surface area contributed by atoms with Crippen LogP contribution >= 0.6 is 11.6 Å².